The van der Waals surface area contributed by atoms with Crippen molar-refractivity contribution in [2.75, 3.05) is 0 Å². The number of hydrogen-bond donors (Lipinski definition) is 1. The van der Waals surface area contributed by atoms with Crippen LogP contribution in [0, 0.1) is 11.8 Å². The number of aliphatic hydroxyl groups excluding tert-OH is 1. The summed E-state index contributed by atoms with van der Waals surface area (Å²) in [6, 6.07) is 0. The van der Waals surface area contributed by atoms with Gasteiger partial charge < -0.3 is 5.11 Å². The van der Waals surface area contributed by atoms with E-state index in [0.717, 1.165) is 19.3 Å². The number of rotatable bonds is 3. The van der Waals surface area contributed by atoms with Crippen LogP contribution in [0.5, 0.6) is 0 Å². The molecule has 0 rings (SSSR count). The quantitative estimate of drug-likeness (QED) is 0.594. The lowest BCUT2D eigenvalue weighted by Crippen LogP contribution is -2.03. The molecule has 10 heavy (non-hydrogen) atoms. The van der Waals surface area contributed by atoms with Crippen LogP contribution in [-0.4, -0.2) is 11.2 Å². The van der Waals surface area contributed by atoms with E-state index in [0.29, 0.717) is 6.42 Å². The SMILES string of the molecule is CCC#CC[C@H](O)CCC. The van der Waals surface area contributed by atoms with E-state index in [1.807, 2.05) is 6.92 Å². The molecule has 0 saturated carbocycles. The Bertz CT molecular complexity index is 118. The summed E-state index contributed by atoms with van der Waals surface area (Å²) in [5.74, 6) is 5.85. The zero-order valence-electron chi connectivity index (χ0n) is 6.85. The van der Waals surface area contributed by atoms with E-state index >= 15 is 0 Å². The molecule has 0 spiro atoms. The average molecular weight is 140 g/mol. The number of aliphatic hydroxyl groups is 1. The second-order valence-electron chi connectivity index (χ2n) is 2.35. The molecule has 1 atom stereocenters. The van der Waals surface area contributed by atoms with Gasteiger partial charge >= 0.3 is 0 Å². The minimum Gasteiger partial charge on any atom is -0.392 e. The van der Waals surface area contributed by atoms with Gasteiger partial charge in [-0.05, 0) is 6.42 Å². The van der Waals surface area contributed by atoms with Crippen LogP contribution < -0.4 is 0 Å². The van der Waals surface area contributed by atoms with Crippen molar-refractivity contribution in [1.29, 1.82) is 0 Å². The largest absolute Gasteiger partial charge is 0.392 e. The molecule has 0 bridgehead atoms. The van der Waals surface area contributed by atoms with Gasteiger partial charge in [-0.2, -0.15) is 0 Å². The summed E-state index contributed by atoms with van der Waals surface area (Å²) in [5.41, 5.74) is 0. The molecule has 0 fully saturated rings. The lowest BCUT2D eigenvalue weighted by molar-refractivity contribution is 0.169. The van der Waals surface area contributed by atoms with Gasteiger partial charge in [0.1, 0.15) is 0 Å². The van der Waals surface area contributed by atoms with Crippen molar-refractivity contribution in [3.63, 3.8) is 0 Å². The number of hydrogen-bond acceptors (Lipinski definition) is 1. The molecule has 0 radical (unpaired) electrons. The van der Waals surface area contributed by atoms with Crippen molar-refractivity contribution in [3.05, 3.63) is 0 Å². The van der Waals surface area contributed by atoms with Gasteiger partial charge in [0.2, 0.25) is 0 Å². The van der Waals surface area contributed by atoms with E-state index in [2.05, 4.69) is 18.8 Å². The van der Waals surface area contributed by atoms with Crippen molar-refractivity contribution in [2.24, 2.45) is 0 Å². The van der Waals surface area contributed by atoms with Crippen LogP contribution in [0.3, 0.4) is 0 Å². The molecule has 0 aromatic rings. The van der Waals surface area contributed by atoms with E-state index in [1.165, 1.54) is 0 Å². The van der Waals surface area contributed by atoms with Crippen LogP contribution in [0.4, 0.5) is 0 Å². The van der Waals surface area contributed by atoms with E-state index in [9.17, 15) is 5.11 Å². The molecule has 0 aliphatic heterocycles. The molecule has 0 saturated heterocycles. The van der Waals surface area contributed by atoms with Gasteiger partial charge in [0.05, 0.1) is 6.10 Å². The molecule has 1 nitrogen and oxygen atoms in total. The first-order valence-electron chi connectivity index (χ1n) is 3.95. The van der Waals surface area contributed by atoms with E-state index in [-0.39, 0.29) is 6.10 Å². The average Bonchev–Trinajstić information content (AvgIpc) is 1.89. The lowest BCUT2D eigenvalue weighted by Gasteiger charge is -2.01. The molecule has 0 aliphatic carbocycles. The minimum absolute atomic E-state index is 0.205. The normalized spacial score (nSPS) is 11.9. The zero-order valence-corrected chi connectivity index (χ0v) is 6.85. The lowest BCUT2D eigenvalue weighted by atomic mass is 10.1. The van der Waals surface area contributed by atoms with Gasteiger partial charge in [-0.3, -0.25) is 0 Å². The third-order valence-corrected chi connectivity index (χ3v) is 1.26. The smallest absolute Gasteiger partial charge is 0.0649 e. The fourth-order valence-corrected chi connectivity index (χ4v) is 0.750. The molecular weight excluding hydrogens is 124 g/mol. The highest BCUT2D eigenvalue weighted by atomic mass is 16.3. The van der Waals surface area contributed by atoms with Gasteiger partial charge in [0.25, 0.3) is 0 Å². The van der Waals surface area contributed by atoms with Crippen molar-refractivity contribution in [1.82, 2.24) is 0 Å². The minimum atomic E-state index is -0.205. The fourth-order valence-electron chi connectivity index (χ4n) is 0.750. The highest BCUT2D eigenvalue weighted by molar-refractivity contribution is 4.99. The second kappa shape index (κ2) is 6.64. The van der Waals surface area contributed by atoms with Gasteiger partial charge in [0, 0.05) is 12.8 Å². The predicted molar refractivity (Wildman–Crippen MR) is 43.6 cm³/mol. The zero-order chi connectivity index (χ0) is 7.82. The summed E-state index contributed by atoms with van der Waals surface area (Å²) in [6.45, 7) is 4.08. The maximum Gasteiger partial charge on any atom is 0.0649 e. The van der Waals surface area contributed by atoms with E-state index in [1.54, 1.807) is 0 Å². The molecular formula is C9H16O. The third kappa shape index (κ3) is 5.65. The first-order chi connectivity index (χ1) is 4.81. The Hall–Kier alpha value is -0.480. The van der Waals surface area contributed by atoms with Gasteiger partial charge in [-0.1, -0.05) is 20.3 Å². The van der Waals surface area contributed by atoms with Gasteiger partial charge in [-0.25, -0.2) is 0 Å². The van der Waals surface area contributed by atoms with Crippen LogP contribution in [-0.2, 0) is 0 Å². The Morgan fingerprint density at radius 2 is 2.00 bits per heavy atom. The van der Waals surface area contributed by atoms with Crippen molar-refractivity contribution >= 4 is 0 Å². The first kappa shape index (κ1) is 9.52. The molecule has 1 heteroatoms. The summed E-state index contributed by atoms with van der Waals surface area (Å²) in [7, 11) is 0. The molecule has 0 heterocycles. The van der Waals surface area contributed by atoms with E-state index in [4.69, 9.17) is 0 Å². The second-order valence-corrected chi connectivity index (χ2v) is 2.35. The first-order valence-corrected chi connectivity index (χ1v) is 3.95. The van der Waals surface area contributed by atoms with Crippen LogP contribution in [0.25, 0.3) is 0 Å². The fraction of sp³-hybridized carbons (Fsp3) is 0.778. The molecule has 0 unspecified atom stereocenters. The van der Waals surface area contributed by atoms with Crippen LogP contribution >= 0.6 is 0 Å². The summed E-state index contributed by atoms with van der Waals surface area (Å²) in [5, 5.41) is 9.17. The topological polar surface area (TPSA) is 20.2 Å². The highest BCUT2D eigenvalue weighted by Gasteiger charge is 1.97. The maximum absolute atomic E-state index is 9.17. The van der Waals surface area contributed by atoms with E-state index < -0.39 is 0 Å². The van der Waals surface area contributed by atoms with Crippen LogP contribution in [0.1, 0.15) is 39.5 Å². The molecule has 0 aromatic carbocycles. The monoisotopic (exact) mass is 140 g/mol. The molecule has 0 aliphatic rings. The Labute approximate surface area is 63.5 Å². The third-order valence-electron chi connectivity index (χ3n) is 1.26. The van der Waals surface area contributed by atoms with Crippen molar-refractivity contribution in [3.8, 4) is 11.8 Å². The van der Waals surface area contributed by atoms with Gasteiger partial charge in [-0.15, -0.1) is 11.8 Å². The maximum atomic E-state index is 9.17. The molecule has 0 aromatic heterocycles. The van der Waals surface area contributed by atoms with Crippen molar-refractivity contribution in [2.45, 2.75) is 45.6 Å². The predicted octanol–water partition coefficient (Wildman–Crippen LogP) is 1.95. The Morgan fingerprint density at radius 3 is 2.50 bits per heavy atom. The van der Waals surface area contributed by atoms with Crippen LogP contribution in [0.2, 0.25) is 0 Å². The molecule has 58 valence electrons. The molecule has 0 amide bonds. The summed E-state index contributed by atoms with van der Waals surface area (Å²) >= 11 is 0. The van der Waals surface area contributed by atoms with Crippen molar-refractivity contribution < 1.29 is 5.11 Å². The summed E-state index contributed by atoms with van der Waals surface area (Å²) in [4.78, 5) is 0. The summed E-state index contributed by atoms with van der Waals surface area (Å²) < 4.78 is 0. The van der Waals surface area contributed by atoms with Gasteiger partial charge in [0.15, 0.2) is 0 Å². The Balaban J connectivity index is 3.29. The Morgan fingerprint density at radius 1 is 1.30 bits per heavy atom. The molecule has 1 N–H and O–H groups in total. The standard InChI is InChI=1S/C9H16O/c1-3-5-6-8-9(10)7-4-2/h9-10H,3-4,7-8H2,1-2H3/t9-/m1/s1. The highest BCUT2D eigenvalue weighted by Crippen LogP contribution is 1.98. The Kier molecular flexibility index (Phi) is 6.32. The van der Waals surface area contributed by atoms with Crippen LogP contribution in [0.15, 0.2) is 0 Å². The summed E-state index contributed by atoms with van der Waals surface area (Å²) in [6.07, 6.45) is 3.23.